The molecule has 2 N–H and O–H groups in total. The summed E-state index contributed by atoms with van der Waals surface area (Å²) < 4.78 is 2.00. The van der Waals surface area contributed by atoms with E-state index >= 15 is 0 Å². The summed E-state index contributed by atoms with van der Waals surface area (Å²) in [6.07, 6.45) is 3.96. The summed E-state index contributed by atoms with van der Waals surface area (Å²) in [6.45, 7) is 10.3. The maximum atomic E-state index is 11.1. The molecular weight excluding hydrogens is 314 g/mol. The number of benzene rings is 1. The van der Waals surface area contributed by atoms with Crippen molar-refractivity contribution in [2.75, 3.05) is 0 Å². The molecule has 1 aliphatic rings. The van der Waals surface area contributed by atoms with E-state index in [4.69, 9.17) is 10.2 Å². The van der Waals surface area contributed by atoms with Crippen LogP contribution in [-0.2, 0) is 31.3 Å². The average Bonchev–Trinajstić information content (AvgIpc) is 3.14. The number of aromatic nitrogens is 2. The van der Waals surface area contributed by atoms with Crippen LogP contribution in [0.4, 0.5) is 0 Å². The highest BCUT2D eigenvalue weighted by molar-refractivity contribution is 5.88. The largest absolute Gasteiger partial charge is 0.478 e. The molecule has 0 saturated carbocycles. The number of carboxylic acid groups (broad SMARTS) is 1. The molecule has 0 amide bonds. The number of aryl methyl sites for hydroxylation is 1. The first-order chi connectivity index (χ1) is 11.8. The quantitative estimate of drug-likeness (QED) is 0.877. The van der Waals surface area contributed by atoms with Crippen LogP contribution in [0.2, 0.25) is 0 Å². The molecule has 0 aliphatic heterocycles. The van der Waals surface area contributed by atoms with Gasteiger partial charge in [0.2, 0.25) is 0 Å². The third-order valence-corrected chi connectivity index (χ3v) is 4.84. The second kappa shape index (κ2) is 6.64. The molecule has 1 unspecified atom stereocenters. The van der Waals surface area contributed by atoms with Crippen LogP contribution >= 0.6 is 0 Å². The van der Waals surface area contributed by atoms with Gasteiger partial charge in [0.05, 0.1) is 11.3 Å². The molecule has 3 rings (SSSR count). The molecule has 1 aliphatic carbocycles. The van der Waals surface area contributed by atoms with Crippen LogP contribution in [0.15, 0.2) is 24.4 Å². The number of hydrogen-bond acceptors (Lipinski definition) is 3. The van der Waals surface area contributed by atoms with Crippen molar-refractivity contribution in [3.05, 3.63) is 52.3 Å². The number of carboxylic acids is 1. The minimum absolute atomic E-state index is 0.0203. The van der Waals surface area contributed by atoms with Crippen molar-refractivity contribution in [2.45, 2.75) is 65.1 Å². The molecule has 1 heterocycles. The van der Waals surface area contributed by atoms with Crippen LogP contribution in [0, 0.1) is 0 Å². The Hall–Kier alpha value is -2.14. The van der Waals surface area contributed by atoms with Crippen molar-refractivity contribution in [3.63, 3.8) is 0 Å². The van der Waals surface area contributed by atoms with Crippen LogP contribution in [0.3, 0.4) is 0 Å². The molecule has 0 radical (unpaired) electrons. The van der Waals surface area contributed by atoms with Crippen molar-refractivity contribution >= 4 is 5.97 Å². The van der Waals surface area contributed by atoms with E-state index in [2.05, 4.69) is 39.2 Å². The second-order valence-electron chi connectivity index (χ2n) is 7.88. The lowest BCUT2D eigenvalue weighted by atomic mass is 9.89. The molecule has 5 heteroatoms. The van der Waals surface area contributed by atoms with Crippen molar-refractivity contribution < 1.29 is 9.90 Å². The maximum Gasteiger partial charge on any atom is 0.335 e. The smallest absolute Gasteiger partial charge is 0.335 e. The van der Waals surface area contributed by atoms with Gasteiger partial charge in [-0.25, -0.2) is 4.79 Å². The summed E-state index contributed by atoms with van der Waals surface area (Å²) in [5, 5.41) is 17.5. The zero-order chi connectivity index (χ0) is 18.2. The van der Waals surface area contributed by atoms with Crippen LogP contribution in [0.1, 0.15) is 60.4 Å². The van der Waals surface area contributed by atoms with E-state index in [1.54, 1.807) is 6.07 Å². The summed E-state index contributed by atoms with van der Waals surface area (Å²) in [6, 6.07) is 5.81. The van der Waals surface area contributed by atoms with E-state index in [1.165, 1.54) is 11.1 Å². The minimum atomic E-state index is -0.860. The Labute approximate surface area is 149 Å². The summed E-state index contributed by atoms with van der Waals surface area (Å²) >= 11 is 0. The third kappa shape index (κ3) is 3.76. The molecule has 1 aromatic heterocycles. The average molecular weight is 341 g/mol. The predicted molar refractivity (Wildman–Crippen MR) is 98.0 cm³/mol. The number of nitrogens with zero attached hydrogens (tertiary/aromatic N) is 2. The van der Waals surface area contributed by atoms with Gasteiger partial charge >= 0.3 is 5.97 Å². The predicted octanol–water partition coefficient (Wildman–Crippen LogP) is 3.16. The van der Waals surface area contributed by atoms with Crippen LogP contribution in [0.5, 0.6) is 0 Å². The number of hydrogen-bond donors (Lipinski definition) is 2. The van der Waals surface area contributed by atoms with Gasteiger partial charge in [0, 0.05) is 36.3 Å². The van der Waals surface area contributed by atoms with Gasteiger partial charge in [-0.15, -0.1) is 0 Å². The second-order valence-corrected chi connectivity index (χ2v) is 7.88. The van der Waals surface area contributed by atoms with Crippen LogP contribution < -0.4 is 5.32 Å². The fourth-order valence-electron chi connectivity index (χ4n) is 3.54. The van der Waals surface area contributed by atoms with Gasteiger partial charge in [-0.05, 0) is 43.0 Å². The highest BCUT2D eigenvalue weighted by atomic mass is 16.4. The summed E-state index contributed by atoms with van der Waals surface area (Å²) in [4.78, 5) is 11.1. The van der Waals surface area contributed by atoms with E-state index in [1.807, 2.05) is 16.8 Å². The van der Waals surface area contributed by atoms with Crippen LogP contribution in [0.25, 0.3) is 0 Å². The molecule has 0 bridgehead atoms. The Balaban J connectivity index is 1.69. The zero-order valence-corrected chi connectivity index (χ0v) is 15.5. The highest BCUT2D eigenvalue weighted by Gasteiger charge is 2.25. The third-order valence-electron chi connectivity index (χ3n) is 4.84. The van der Waals surface area contributed by atoms with Gasteiger partial charge in [-0.1, -0.05) is 26.8 Å². The van der Waals surface area contributed by atoms with Gasteiger partial charge in [-0.3, -0.25) is 4.68 Å². The zero-order valence-electron chi connectivity index (χ0n) is 15.5. The Morgan fingerprint density at radius 1 is 1.32 bits per heavy atom. The molecule has 0 fully saturated rings. The molecule has 134 valence electrons. The van der Waals surface area contributed by atoms with Crippen LogP contribution in [-0.4, -0.2) is 26.9 Å². The standard InChI is InChI=1S/C20H27N3O2/c1-5-23-12-16(18(22-23)20(2,3)4)11-21-17-9-13-6-7-14(19(24)25)8-15(13)10-17/h6-8,12,17,21H,5,9-11H2,1-4H3,(H,24,25). The molecule has 2 aromatic rings. The highest BCUT2D eigenvalue weighted by Crippen LogP contribution is 2.26. The topological polar surface area (TPSA) is 67.2 Å². The molecule has 0 saturated heterocycles. The first-order valence-corrected chi connectivity index (χ1v) is 8.93. The lowest BCUT2D eigenvalue weighted by Gasteiger charge is -2.19. The number of aromatic carboxylic acids is 1. The SMILES string of the molecule is CCn1cc(CNC2Cc3ccc(C(=O)O)cc3C2)c(C(C)(C)C)n1. The number of carbonyl (C=O) groups is 1. The van der Waals surface area contributed by atoms with Gasteiger partial charge in [0.1, 0.15) is 0 Å². The monoisotopic (exact) mass is 341 g/mol. The fraction of sp³-hybridized carbons (Fsp3) is 0.500. The first-order valence-electron chi connectivity index (χ1n) is 8.93. The van der Waals surface area contributed by atoms with Crippen molar-refractivity contribution in [2.24, 2.45) is 0 Å². The minimum Gasteiger partial charge on any atom is -0.478 e. The number of nitrogens with one attached hydrogen (secondary N) is 1. The van der Waals surface area contributed by atoms with Crippen molar-refractivity contribution in [1.82, 2.24) is 15.1 Å². The Morgan fingerprint density at radius 3 is 2.68 bits per heavy atom. The van der Waals surface area contributed by atoms with E-state index in [0.717, 1.165) is 37.2 Å². The lowest BCUT2D eigenvalue weighted by Crippen LogP contribution is -2.30. The van der Waals surface area contributed by atoms with E-state index < -0.39 is 5.97 Å². The Morgan fingerprint density at radius 2 is 2.04 bits per heavy atom. The van der Waals surface area contributed by atoms with E-state index in [9.17, 15) is 4.79 Å². The van der Waals surface area contributed by atoms with E-state index in [0.29, 0.717) is 11.6 Å². The molecule has 1 atom stereocenters. The first kappa shape index (κ1) is 17.7. The Kier molecular flexibility index (Phi) is 4.69. The van der Waals surface area contributed by atoms with Crippen molar-refractivity contribution in [3.8, 4) is 0 Å². The number of fused-ring (bicyclic) bond motifs is 1. The fourth-order valence-corrected chi connectivity index (χ4v) is 3.54. The molecule has 25 heavy (non-hydrogen) atoms. The molecule has 5 nitrogen and oxygen atoms in total. The molecule has 1 aromatic carbocycles. The Bertz CT molecular complexity index is 787. The van der Waals surface area contributed by atoms with Gasteiger partial charge in [0.15, 0.2) is 0 Å². The van der Waals surface area contributed by atoms with Crippen molar-refractivity contribution in [1.29, 1.82) is 0 Å². The molecular formula is C20H27N3O2. The summed E-state index contributed by atoms with van der Waals surface area (Å²) in [5.41, 5.74) is 5.19. The molecule has 0 spiro atoms. The van der Waals surface area contributed by atoms with Gasteiger partial charge in [0.25, 0.3) is 0 Å². The summed E-state index contributed by atoms with van der Waals surface area (Å²) in [5.74, 6) is -0.860. The number of rotatable bonds is 5. The van der Waals surface area contributed by atoms with Gasteiger partial charge < -0.3 is 10.4 Å². The van der Waals surface area contributed by atoms with Gasteiger partial charge in [-0.2, -0.15) is 5.10 Å². The normalized spacial score (nSPS) is 16.9. The van der Waals surface area contributed by atoms with E-state index in [-0.39, 0.29) is 5.41 Å². The summed E-state index contributed by atoms with van der Waals surface area (Å²) in [7, 11) is 0. The maximum absolute atomic E-state index is 11.1. The lowest BCUT2D eigenvalue weighted by molar-refractivity contribution is 0.0696.